The molecule has 4 heteroatoms. The largest absolute Gasteiger partial charge is 0.504 e. The van der Waals surface area contributed by atoms with Gasteiger partial charge in [0.25, 0.3) is 0 Å². The lowest BCUT2D eigenvalue weighted by molar-refractivity contribution is 0.398. The lowest BCUT2D eigenvalue weighted by Crippen LogP contribution is -2.20. The van der Waals surface area contributed by atoms with Crippen molar-refractivity contribution >= 4 is 0 Å². The number of hydrogen-bond acceptors (Lipinski definition) is 4. The Labute approximate surface area is 211 Å². The van der Waals surface area contributed by atoms with E-state index in [0.717, 1.165) is 63.0 Å². The second-order valence-corrected chi connectivity index (χ2v) is 9.46. The fraction of sp³-hybridized carbons (Fsp3) is 0.419. The summed E-state index contributed by atoms with van der Waals surface area (Å²) in [7, 11) is 0. The number of phenols is 2. The van der Waals surface area contributed by atoms with Crippen LogP contribution in [0.5, 0.6) is 11.5 Å². The van der Waals surface area contributed by atoms with Gasteiger partial charge < -0.3 is 20.8 Å². The Bertz CT molecular complexity index is 1000. The Morgan fingerprint density at radius 2 is 1.29 bits per heavy atom. The summed E-state index contributed by atoms with van der Waals surface area (Å²) in [5.74, 6) is 0.00281. The molecular formula is C31H42N2O2. The summed E-state index contributed by atoms with van der Waals surface area (Å²) in [6.07, 6.45) is 8.43. The van der Waals surface area contributed by atoms with E-state index in [1.807, 2.05) is 6.07 Å². The molecule has 0 radical (unpaired) electrons. The van der Waals surface area contributed by atoms with E-state index >= 15 is 0 Å². The highest BCUT2D eigenvalue weighted by atomic mass is 16.3. The van der Waals surface area contributed by atoms with Crippen molar-refractivity contribution in [2.24, 2.45) is 0 Å². The fourth-order valence-corrected chi connectivity index (χ4v) is 4.52. The van der Waals surface area contributed by atoms with E-state index in [1.165, 1.54) is 42.4 Å². The SMILES string of the molecule is Cc1cccc(CCc2c(CCNCCCCCCNCCc3ccccc3)ccc(O)c2O)c1. The predicted molar refractivity (Wildman–Crippen MR) is 146 cm³/mol. The second-order valence-electron chi connectivity index (χ2n) is 9.46. The van der Waals surface area contributed by atoms with Crippen LogP contribution in [0, 0.1) is 6.92 Å². The van der Waals surface area contributed by atoms with Gasteiger partial charge in [-0.25, -0.2) is 0 Å². The van der Waals surface area contributed by atoms with Crippen LogP contribution in [-0.4, -0.2) is 36.4 Å². The highest BCUT2D eigenvalue weighted by Gasteiger charge is 2.12. The molecule has 0 aliphatic carbocycles. The first kappa shape index (κ1) is 26.8. The molecule has 0 aliphatic heterocycles. The molecule has 0 aliphatic rings. The fourth-order valence-electron chi connectivity index (χ4n) is 4.52. The van der Waals surface area contributed by atoms with E-state index in [0.29, 0.717) is 0 Å². The Balaban J connectivity index is 1.27. The van der Waals surface area contributed by atoms with Gasteiger partial charge in [0, 0.05) is 5.56 Å². The van der Waals surface area contributed by atoms with Gasteiger partial charge in [-0.05, 0) is 94.4 Å². The topological polar surface area (TPSA) is 64.5 Å². The smallest absolute Gasteiger partial charge is 0.160 e. The van der Waals surface area contributed by atoms with Gasteiger partial charge in [0.2, 0.25) is 0 Å². The van der Waals surface area contributed by atoms with Crippen molar-refractivity contribution in [3.05, 3.63) is 94.5 Å². The summed E-state index contributed by atoms with van der Waals surface area (Å²) in [5, 5.41) is 27.6. The summed E-state index contributed by atoms with van der Waals surface area (Å²) >= 11 is 0. The zero-order valence-corrected chi connectivity index (χ0v) is 21.2. The number of phenolic OH excluding ortho intramolecular Hbond substituents is 2. The first-order valence-corrected chi connectivity index (χ1v) is 13.2. The maximum absolute atomic E-state index is 10.5. The molecule has 0 spiro atoms. The van der Waals surface area contributed by atoms with Gasteiger partial charge in [-0.15, -0.1) is 0 Å². The van der Waals surface area contributed by atoms with Crippen molar-refractivity contribution < 1.29 is 10.2 Å². The van der Waals surface area contributed by atoms with Crippen LogP contribution in [0.15, 0.2) is 66.7 Å². The summed E-state index contributed by atoms with van der Waals surface area (Å²) in [5.41, 5.74) is 5.87. The molecule has 0 fully saturated rings. The third-order valence-electron chi connectivity index (χ3n) is 6.57. The lowest BCUT2D eigenvalue weighted by atomic mass is 9.96. The van der Waals surface area contributed by atoms with Gasteiger partial charge in [0.1, 0.15) is 0 Å². The van der Waals surface area contributed by atoms with Crippen molar-refractivity contribution in [3.63, 3.8) is 0 Å². The molecule has 0 atom stereocenters. The third-order valence-corrected chi connectivity index (χ3v) is 6.57. The quantitative estimate of drug-likeness (QED) is 0.158. The molecule has 35 heavy (non-hydrogen) atoms. The molecule has 4 nitrogen and oxygen atoms in total. The Kier molecular flexibility index (Phi) is 11.7. The molecule has 0 unspecified atom stereocenters. The molecule has 0 amide bonds. The Hall–Kier alpha value is -2.82. The minimum Gasteiger partial charge on any atom is -0.504 e. The van der Waals surface area contributed by atoms with Crippen LogP contribution in [0.1, 0.15) is 53.5 Å². The molecule has 0 bridgehead atoms. The summed E-state index contributed by atoms with van der Waals surface area (Å²) in [6.45, 7) is 6.13. The molecule has 4 N–H and O–H groups in total. The highest BCUT2D eigenvalue weighted by molar-refractivity contribution is 5.49. The first-order valence-electron chi connectivity index (χ1n) is 13.2. The zero-order chi connectivity index (χ0) is 24.7. The number of nitrogens with one attached hydrogen (secondary N) is 2. The van der Waals surface area contributed by atoms with Crippen LogP contribution in [-0.2, 0) is 25.7 Å². The number of aryl methyl sites for hydroxylation is 2. The molecule has 0 aromatic heterocycles. The third kappa shape index (κ3) is 9.75. The van der Waals surface area contributed by atoms with Gasteiger partial charge >= 0.3 is 0 Å². The molecular weight excluding hydrogens is 432 g/mol. The second kappa shape index (κ2) is 15.2. The number of aromatic hydroxyl groups is 2. The molecule has 0 heterocycles. The minimum absolute atomic E-state index is 0.0319. The Morgan fingerprint density at radius 1 is 0.600 bits per heavy atom. The van der Waals surface area contributed by atoms with Gasteiger partial charge in [-0.3, -0.25) is 0 Å². The maximum Gasteiger partial charge on any atom is 0.160 e. The molecule has 3 aromatic carbocycles. The van der Waals surface area contributed by atoms with Crippen molar-refractivity contribution in [2.75, 3.05) is 26.2 Å². The summed E-state index contributed by atoms with van der Waals surface area (Å²) in [4.78, 5) is 0. The Morgan fingerprint density at radius 3 is 2.00 bits per heavy atom. The molecule has 188 valence electrons. The molecule has 3 rings (SSSR count). The highest BCUT2D eigenvalue weighted by Crippen LogP contribution is 2.32. The van der Waals surface area contributed by atoms with E-state index in [4.69, 9.17) is 0 Å². The van der Waals surface area contributed by atoms with E-state index in [-0.39, 0.29) is 11.5 Å². The maximum atomic E-state index is 10.5. The first-order chi connectivity index (χ1) is 17.1. The van der Waals surface area contributed by atoms with Crippen LogP contribution in [0.25, 0.3) is 0 Å². The normalized spacial score (nSPS) is 11.1. The van der Waals surface area contributed by atoms with Crippen LogP contribution in [0.2, 0.25) is 0 Å². The van der Waals surface area contributed by atoms with E-state index in [1.54, 1.807) is 6.07 Å². The van der Waals surface area contributed by atoms with Crippen LogP contribution in [0.3, 0.4) is 0 Å². The van der Waals surface area contributed by atoms with Gasteiger partial charge in [-0.1, -0.05) is 79.1 Å². The lowest BCUT2D eigenvalue weighted by Gasteiger charge is -2.14. The summed E-state index contributed by atoms with van der Waals surface area (Å²) in [6, 6.07) is 22.7. The standard InChI is InChI=1S/C31H42N2O2/c1-25-10-9-13-27(24-25)14-16-29-28(15-17-30(34)31(29)35)19-23-33-21-8-3-2-7-20-32-22-18-26-11-5-4-6-12-26/h4-6,9-13,15,17,24,32-35H,2-3,7-8,14,16,18-23H2,1H3. The molecule has 3 aromatic rings. The minimum atomic E-state index is -0.0319. The van der Waals surface area contributed by atoms with Crippen LogP contribution >= 0.6 is 0 Å². The van der Waals surface area contributed by atoms with Gasteiger partial charge in [-0.2, -0.15) is 0 Å². The number of hydrogen-bond donors (Lipinski definition) is 4. The van der Waals surface area contributed by atoms with Gasteiger partial charge in [0.15, 0.2) is 11.5 Å². The number of benzene rings is 3. The number of rotatable bonds is 16. The number of unbranched alkanes of at least 4 members (excludes halogenated alkanes) is 3. The van der Waals surface area contributed by atoms with Crippen molar-refractivity contribution in [2.45, 2.75) is 58.3 Å². The van der Waals surface area contributed by atoms with Gasteiger partial charge in [0.05, 0.1) is 0 Å². The van der Waals surface area contributed by atoms with Crippen LogP contribution < -0.4 is 10.6 Å². The van der Waals surface area contributed by atoms with Crippen LogP contribution in [0.4, 0.5) is 0 Å². The summed E-state index contributed by atoms with van der Waals surface area (Å²) < 4.78 is 0. The average Bonchev–Trinajstić information content (AvgIpc) is 2.87. The molecule has 0 saturated heterocycles. The monoisotopic (exact) mass is 474 g/mol. The van der Waals surface area contributed by atoms with E-state index in [2.05, 4.69) is 72.2 Å². The molecule has 0 saturated carbocycles. The van der Waals surface area contributed by atoms with E-state index in [9.17, 15) is 10.2 Å². The zero-order valence-electron chi connectivity index (χ0n) is 21.2. The predicted octanol–water partition coefficient (Wildman–Crippen LogP) is 5.72. The van der Waals surface area contributed by atoms with Crippen molar-refractivity contribution in [1.29, 1.82) is 0 Å². The van der Waals surface area contributed by atoms with Crippen molar-refractivity contribution in [1.82, 2.24) is 10.6 Å². The average molecular weight is 475 g/mol. The van der Waals surface area contributed by atoms with E-state index < -0.39 is 0 Å². The van der Waals surface area contributed by atoms with Crippen molar-refractivity contribution in [3.8, 4) is 11.5 Å².